The largest absolute Gasteiger partial charge is 0.482 e. The number of amides is 3. The van der Waals surface area contributed by atoms with E-state index in [1.54, 1.807) is 35.2 Å². The van der Waals surface area contributed by atoms with Crippen LogP contribution in [0.1, 0.15) is 6.92 Å². The quantitative estimate of drug-likeness (QED) is 0.835. The van der Waals surface area contributed by atoms with Crippen molar-refractivity contribution in [3.63, 3.8) is 0 Å². The molecule has 2 N–H and O–H groups in total. The number of nitrogens with zero attached hydrogens (tertiary/aromatic N) is 2. The first-order valence-corrected chi connectivity index (χ1v) is 9.15. The number of piperazine rings is 1. The number of urea groups is 1. The molecule has 2 aromatic rings. The van der Waals surface area contributed by atoms with Crippen molar-refractivity contribution in [1.82, 2.24) is 4.90 Å². The van der Waals surface area contributed by atoms with Gasteiger partial charge < -0.3 is 25.2 Å². The Kier molecular flexibility index (Phi) is 4.77. The molecular formula is C20H21FN4O3. The summed E-state index contributed by atoms with van der Waals surface area (Å²) in [6.07, 6.45) is 0. The molecule has 0 unspecified atom stereocenters. The molecule has 0 spiro atoms. The number of hydrogen-bond acceptors (Lipinski definition) is 4. The summed E-state index contributed by atoms with van der Waals surface area (Å²) in [7, 11) is 0. The van der Waals surface area contributed by atoms with Crippen molar-refractivity contribution < 1.29 is 18.7 Å². The first kappa shape index (κ1) is 18.1. The second kappa shape index (κ2) is 7.38. The Hall–Kier alpha value is -3.29. The molecule has 0 radical (unpaired) electrons. The lowest BCUT2D eigenvalue weighted by molar-refractivity contribution is -0.118. The zero-order valence-corrected chi connectivity index (χ0v) is 15.4. The van der Waals surface area contributed by atoms with Crippen LogP contribution in [0.2, 0.25) is 0 Å². The Morgan fingerprint density at radius 3 is 2.86 bits per heavy atom. The fraction of sp³-hybridized carbons (Fsp3) is 0.300. The molecule has 0 bridgehead atoms. The fourth-order valence-corrected chi connectivity index (χ4v) is 3.53. The monoisotopic (exact) mass is 384 g/mol. The van der Waals surface area contributed by atoms with Crippen LogP contribution in [-0.2, 0) is 4.79 Å². The first-order chi connectivity index (χ1) is 13.5. The van der Waals surface area contributed by atoms with Gasteiger partial charge in [-0.1, -0.05) is 12.1 Å². The molecule has 0 saturated carbocycles. The van der Waals surface area contributed by atoms with Gasteiger partial charge in [0.2, 0.25) is 0 Å². The van der Waals surface area contributed by atoms with Crippen molar-refractivity contribution in [2.75, 3.05) is 41.8 Å². The van der Waals surface area contributed by atoms with Gasteiger partial charge in [0.15, 0.2) is 6.61 Å². The normalized spacial score (nSPS) is 18.8. The van der Waals surface area contributed by atoms with E-state index >= 15 is 0 Å². The number of nitrogens with one attached hydrogen (secondary N) is 2. The van der Waals surface area contributed by atoms with Gasteiger partial charge in [-0.15, -0.1) is 0 Å². The van der Waals surface area contributed by atoms with E-state index in [0.717, 1.165) is 0 Å². The Balaban J connectivity index is 1.41. The molecule has 2 aliphatic rings. The number of halogens is 1. The molecule has 4 rings (SSSR count). The van der Waals surface area contributed by atoms with Gasteiger partial charge in [-0.2, -0.15) is 0 Å². The summed E-state index contributed by atoms with van der Waals surface area (Å²) in [5, 5.41) is 5.58. The minimum atomic E-state index is -0.256. The number of benzene rings is 2. The van der Waals surface area contributed by atoms with E-state index in [1.807, 2.05) is 17.9 Å². The number of carbonyl (C=O) groups excluding carboxylic acids is 2. The van der Waals surface area contributed by atoms with E-state index in [2.05, 4.69) is 10.6 Å². The van der Waals surface area contributed by atoms with Crippen molar-refractivity contribution >= 4 is 29.0 Å². The molecule has 2 heterocycles. The number of para-hydroxylation sites is 1. The van der Waals surface area contributed by atoms with Gasteiger partial charge in [0.1, 0.15) is 11.6 Å². The number of hydrogen-bond donors (Lipinski definition) is 2. The average Bonchev–Trinajstić information content (AvgIpc) is 2.68. The van der Waals surface area contributed by atoms with Gasteiger partial charge in [-0.3, -0.25) is 4.79 Å². The summed E-state index contributed by atoms with van der Waals surface area (Å²) >= 11 is 0. The third kappa shape index (κ3) is 3.58. The smallest absolute Gasteiger partial charge is 0.322 e. The number of rotatable bonds is 2. The average molecular weight is 384 g/mol. The van der Waals surface area contributed by atoms with Gasteiger partial charge in [-0.05, 0) is 31.2 Å². The third-order valence-corrected chi connectivity index (χ3v) is 4.95. The van der Waals surface area contributed by atoms with Crippen LogP contribution in [-0.4, -0.2) is 49.1 Å². The summed E-state index contributed by atoms with van der Waals surface area (Å²) in [5.41, 5.74) is 1.73. The van der Waals surface area contributed by atoms with Crippen LogP contribution in [0.25, 0.3) is 0 Å². The van der Waals surface area contributed by atoms with Gasteiger partial charge >= 0.3 is 6.03 Å². The van der Waals surface area contributed by atoms with Crippen molar-refractivity contribution in [3.05, 3.63) is 48.3 Å². The zero-order valence-electron chi connectivity index (χ0n) is 15.4. The molecule has 0 aromatic heterocycles. The highest BCUT2D eigenvalue weighted by atomic mass is 19.1. The molecular weight excluding hydrogens is 363 g/mol. The van der Waals surface area contributed by atoms with Crippen molar-refractivity contribution in [1.29, 1.82) is 0 Å². The SMILES string of the molecule is C[C@@H]1CN(c2ccccc2F)CCN1C(=O)Nc1ccc2c(c1)OCC(=O)N2. The fourth-order valence-electron chi connectivity index (χ4n) is 3.53. The van der Waals surface area contributed by atoms with E-state index < -0.39 is 0 Å². The topological polar surface area (TPSA) is 73.9 Å². The van der Waals surface area contributed by atoms with E-state index in [0.29, 0.717) is 42.4 Å². The molecule has 1 atom stereocenters. The summed E-state index contributed by atoms with van der Waals surface area (Å²) in [4.78, 5) is 27.8. The van der Waals surface area contributed by atoms with E-state index in [4.69, 9.17) is 4.74 Å². The van der Waals surface area contributed by atoms with Gasteiger partial charge in [-0.25, -0.2) is 9.18 Å². The lowest BCUT2D eigenvalue weighted by Crippen LogP contribution is -2.55. The van der Waals surface area contributed by atoms with Crippen LogP contribution < -0.4 is 20.3 Å². The summed E-state index contributed by atoms with van der Waals surface area (Å²) in [5.74, 6) is 0.0643. The molecule has 1 saturated heterocycles. The standard InChI is InChI=1S/C20H21FN4O3/c1-13-11-24(17-5-3-2-4-15(17)21)8-9-25(13)20(27)22-14-6-7-16-18(10-14)28-12-19(26)23-16/h2-7,10,13H,8-9,11-12H2,1H3,(H,22,27)(H,23,26)/t13-/m1/s1. The Bertz CT molecular complexity index is 920. The van der Waals surface area contributed by atoms with Crippen molar-refractivity contribution in [2.24, 2.45) is 0 Å². The maximum absolute atomic E-state index is 14.0. The van der Waals surface area contributed by atoms with Crippen LogP contribution in [0.4, 0.5) is 26.2 Å². The molecule has 28 heavy (non-hydrogen) atoms. The Labute approximate surface area is 162 Å². The highest BCUT2D eigenvalue weighted by molar-refractivity contribution is 5.96. The number of fused-ring (bicyclic) bond motifs is 1. The number of carbonyl (C=O) groups is 2. The first-order valence-electron chi connectivity index (χ1n) is 9.15. The molecule has 146 valence electrons. The van der Waals surface area contributed by atoms with Crippen LogP contribution in [0.15, 0.2) is 42.5 Å². The second-order valence-electron chi connectivity index (χ2n) is 6.92. The van der Waals surface area contributed by atoms with Gasteiger partial charge in [0.25, 0.3) is 5.91 Å². The van der Waals surface area contributed by atoms with Crippen LogP contribution in [0.3, 0.4) is 0 Å². The molecule has 2 aliphatic heterocycles. The maximum atomic E-state index is 14.0. The Morgan fingerprint density at radius 2 is 2.07 bits per heavy atom. The predicted octanol–water partition coefficient (Wildman–Crippen LogP) is 2.90. The number of anilines is 3. The molecule has 3 amide bonds. The van der Waals surface area contributed by atoms with Crippen LogP contribution in [0, 0.1) is 5.82 Å². The predicted molar refractivity (Wildman–Crippen MR) is 104 cm³/mol. The lowest BCUT2D eigenvalue weighted by atomic mass is 10.1. The summed E-state index contributed by atoms with van der Waals surface area (Å²) in [6.45, 7) is 3.49. The Morgan fingerprint density at radius 1 is 1.25 bits per heavy atom. The highest BCUT2D eigenvalue weighted by Gasteiger charge is 2.29. The zero-order chi connectivity index (χ0) is 19.7. The second-order valence-corrected chi connectivity index (χ2v) is 6.92. The highest BCUT2D eigenvalue weighted by Crippen LogP contribution is 2.31. The molecule has 8 heteroatoms. The van der Waals surface area contributed by atoms with E-state index in [-0.39, 0.29) is 30.4 Å². The van der Waals surface area contributed by atoms with Gasteiger partial charge in [0.05, 0.1) is 11.4 Å². The molecule has 1 fully saturated rings. The minimum Gasteiger partial charge on any atom is -0.482 e. The maximum Gasteiger partial charge on any atom is 0.322 e. The lowest BCUT2D eigenvalue weighted by Gasteiger charge is -2.41. The summed E-state index contributed by atoms with van der Waals surface area (Å²) in [6, 6.07) is 11.5. The van der Waals surface area contributed by atoms with Crippen LogP contribution in [0.5, 0.6) is 5.75 Å². The molecule has 0 aliphatic carbocycles. The van der Waals surface area contributed by atoms with E-state index in [9.17, 15) is 14.0 Å². The summed E-state index contributed by atoms with van der Waals surface area (Å²) < 4.78 is 19.4. The molecule has 2 aromatic carbocycles. The van der Waals surface area contributed by atoms with Gasteiger partial charge in [0, 0.05) is 37.4 Å². The minimum absolute atomic E-state index is 0.0422. The third-order valence-electron chi connectivity index (χ3n) is 4.95. The van der Waals surface area contributed by atoms with Crippen LogP contribution >= 0.6 is 0 Å². The van der Waals surface area contributed by atoms with Crippen molar-refractivity contribution in [3.8, 4) is 5.75 Å². The van der Waals surface area contributed by atoms with Crippen molar-refractivity contribution in [2.45, 2.75) is 13.0 Å². The molecule has 7 nitrogen and oxygen atoms in total. The number of ether oxygens (including phenoxy) is 1. The van der Waals surface area contributed by atoms with E-state index in [1.165, 1.54) is 6.07 Å².